The molecule has 116 valence electrons. The van der Waals surface area contributed by atoms with Crippen LogP contribution >= 0.6 is 15.9 Å². The fraction of sp³-hybridized carbons (Fsp3) is 0.500. The lowest BCUT2D eigenvalue weighted by molar-refractivity contribution is 0.327. The Morgan fingerprint density at radius 2 is 2.00 bits per heavy atom. The van der Waals surface area contributed by atoms with Gasteiger partial charge in [0.15, 0.2) is 0 Å². The predicted molar refractivity (Wildman–Crippen MR) is 95.3 cm³/mol. The maximum Gasteiger partial charge on any atom is 0.0450 e. The number of anilines is 1. The zero-order valence-electron chi connectivity index (χ0n) is 12.8. The first kappa shape index (κ1) is 14.5. The first-order chi connectivity index (χ1) is 10.7. The van der Waals surface area contributed by atoms with E-state index < -0.39 is 0 Å². The minimum atomic E-state index is 0.434. The number of aromatic nitrogens is 1. The number of rotatable bonds is 2. The van der Waals surface area contributed by atoms with Gasteiger partial charge in [-0.2, -0.15) is 0 Å². The lowest BCUT2D eigenvalue weighted by atomic mass is 9.85. The van der Waals surface area contributed by atoms with Crippen LogP contribution in [0.15, 0.2) is 29.0 Å². The fourth-order valence-electron chi connectivity index (χ4n) is 4.01. The molecule has 22 heavy (non-hydrogen) atoms. The lowest BCUT2D eigenvalue weighted by Crippen LogP contribution is -2.37. The van der Waals surface area contributed by atoms with Gasteiger partial charge in [-0.25, -0.2) is 0 Å². The fourth-order valence-corrected chi connectivity index (χ4v) is 4.45. The van der Waals surface area contributed by atoms with Crippen LogP contribution < -0.4 is 10.6 Å². The first-order valence-corrected chi connectivity index (χ1v) is 9.07. The molecule has 4 rings (SSSR count). The molecule has 3 nitrogen and oxygen atoms in total. The average molecular weight is 360 g/mol. The molecular formula is C18H22BrN3. The molecule has 4 heteroatoms. The van der Waals surface area contributed by atoms with Gasteiger partial charge in [-0.3, -0.25) is 4.98 Å². The van der Waals surface area contributed by atoms with E-state index in [0.29, 0.717) is 6.04 Å². The molecule has 2 N–H and O–H groups in total. The highest BCUT2D eigenvalue weighted by atomic mass is 79.9. The number of nitrogens with two attached hydrogens (primary N) is 1. The minimum absolute atomic E-state index is 0.434. The van der Waals surface area contributed by atoms with Crippen molar-refractivity contribution in [3.8, 4) is 0 Å². The lowest BCUT2D eigenvalue weighted by Gasteiger charge is -2.36. The summed E-state index contributed by atoms with van der Waals surface area (Å²) in [5, 5.41) is 2.63. The molecule has 0 amide bonds. The summed E-state index contributed by atoms with van der Waals surface area (Å²) in [5.74, 6) is 0.793. The van der Waals surface area contributed by atoms with Crippen LogP contribution in [0.1, 0.15) is 31.2 Å². The molecule has 1 fully saturated rings. The third-order valence-corrected chi connectivity index (χ3v) is 5.98. The Kier molecular flexibility index (Phi) is 3.82. The molecule has 0 atom stereocenters. The predicted octanol–water partition coefficient (Wildman–Crippen LogP) is 3.88. The van der Waals surface area contributed by atoms with Crippen molar-refractivity contribution < 1.29 is 0 Å². The zero-order valence-corrected chi connectivity index (χ0v) is 14.3. The highest BCUT2D eigenvalue weighted by Gasteiger charge is 2.25. The van der Waals surface area contributed by atoms with Crippen molar-refractivity contribution in [1.29, 1.82) is 0 Å². The Labute approximate surface area is 140 Å². The molecule has 1 saturated carbocycles. The van der Waals surface area contributed by atoms with Crippen LogP contribution in [0, 0.1) is 5.92 Å². The third kappa shape index (κ3) is 2.52. The van der Waals surface area contributed by atoms with E-state index in [0.717, 1.165) is 23.4 Å². The van der Waals surface area contributed by atoms with E-state index in [1.54, 1.807) is 0 Å². The van der Waals surface area contributed by atoms with Crippen LogP contribution in [0.2, 0.25) is 0 Å². The summed E-state index contributed by atoms with van der Waals surface area (Å²) in [6.45, 7) is 2.28. The van der Waals surface area contributed by atoms with Crippen LogP contribution in [0.3, 0.4) is 0 Å². The van der Waals surface area contributed by atoms with Gasteiger partial charge in [-0.15, -0.1) is 0 Å². The molecular weight excluding hydrogens is 338 g/mol. The average Bonchev–Trinajstić information content (AvgIpc) is 2.54. The summed E-state index contributed by atoms with van der Waals surface area (Å²) in [6.07, 6.45) is 10.1. The van der Waals surface area contributed by atoms with Gasteiger partial charge in [0.1, 0.15) is 0 Å². The Morgan fingerprint density at radius 1 is 1.18 bits per heavy atom. The largest absolute Gasteiger partial charge is 0.370 e. The Hall–Kier alpha value is -1.13. The summed E-state index contributed by atoms with van der Waals surface area (Å²) < 4.78 is 1.14. The Balaban J connectivity index is 1.66. The van der Waals surface area contributed by atoms with Crippen molar-refractivity contribution in [3.05, 3.63) is 34.6 Å². The van der Waals surface area contributed by atoms with E-state index in [1.807, 2.05) is 12.4 Å². The van der Waals surface area contributed by atoms with E-state index >= 15 is 0 Å². The quantitative estimate of drug-likeness (QED) is 0.884. The normalized spacial score (nSPS) is 24.7. The van der Waals surface area contributed by atoms with Gasteiger partial charge in [0, 0.05) is 52.5 Å². The van der Waals surface area contributed by atoms with Crippen molar-refractivity contribution >= 4 is 32.4 Å². The van der Waals surface area contributed by atoms with Crippen molar-refractivity contribution in [2.45, 2.75) is 38.1 Å². The van der Waals surface area contributed by atoms with Crippen molar-refractivity contribution in [3.63, 3.8) is 0 Å². The molecule has 0 bridgehead atoms. The van der Waals surface area contributed by atoms with Gasteiger partial charge < -0.3 is 10.6 Å². The highest BCUT2D eigenvalue weighted by Crippen LogP contribution is 2.38. The van der Waals surface area contributed by atoms with Crippen LogP contribution in [0.25, 0.3) is 10.8 Å². The Bertz CT molecular complexity index is 692. The summed E-state index contributed by atoms with van der Waals surface area (Å²) >= 11 is 3.67. The van der Waals surface area contributed by atoms with E-state index in [1.165, 1.54) is 54.3 Å². The van der Waals surface area contributed by atoms with Crippen LogP contribution in [0.4, 0.5) is 5.69 Å². The Morgan fingerprint density at radius 3 is 2.82 bits per heavy atom. The smallest absolute Gasteiger partial charge is 0.0450 e. The van der Waals surface area contributed by atoms with Gasteiger partial charge in [-0.05, 0) is 55.7 Å². The second-order valence-electron chi connectivity index (χ2n) is 6.76. The zero-order chi connectivity index (χ0) is 15.1. The number of benzene rings is 1. The van der Waals surface area contributed by atoms with Gasteiger partial charge in [0.2, 0.25) is 0 Å². The van der Waals surface area contributed by atoms with Crippen molar-refractivity contribution in [1.82, 2.24) is 4.98 Å². The second kappa shape index (κ2) is 5.82. The second-order valence-corrected chi connectivity index (χ2v) is 7.62. The molecule has 2 heterocycles. The minimum Gasteiger partial charge on any atom is -0.370 e. The van der Waals surface area contributed by atoms with Gasteiger partial charge in [-0.1, -0.05) is 15.9 Å². The maximum atomic E-state index is 6.05. The van der Waals surface area contributed by atoms with E-state index in [4.69, 9.17) is 5.73 Å². The molecule has 0 unspecified atom stereocenters. The van der Waals surface area contributed by atoms with Crippen molar-refractivity contribution in [2.24, 2.45) is 11.7 Å². The van der Waals surface area contributed by atoms with E-state index in [-0.39, 0.29) is 0 Å². The standard InChI is InChI=1S/C18H22BrN3/c19-16-5-6-17-18-13(9-21-10-15(16)18)7-8-22(17)11-12-1-3-14(20)4-2-12/h5-6,9-10,12,14H,1-4,7-8,11,20H2. The summed E-state index contributed by atoms with van der Waals surface area (Å²) in [7, 11) is 0. The molecule has 2 aromatic rings. The molecule has 1 aliphatic carbocycles. The van der Waals surface area contributed by atoms with E-state index in [9.17, 15) is 0 Å². The topological polar surface area (TPSA) is 42.1 Å². The number of hydrogen-bond acceptors (Lipinski definition) is 3. The van der Waals surface area contributed by atoms with E-state index in [2.05, 4.69) is 37.9 Å². The number of nitrogens with zero attached hydrogens (tertiary/aromatic N) is 2. The van der Waals surface area contributed by atoms with Gasteiger partial charge in [0.05, 0.1) is 0 Å². The number of halogens is 1. The molecule has 2 aliphatic rings. The molecule has 1 aromatic heterocycles. The number of pyridine rings is 1. The summed E-state index contributed by atoms with van der Waals surface area (Å²) in [5.41, 5.74) is 8.82. The van der Waals surface area contributed by atoms with Crippen LogP contribution in [-0.2, 0) is 6.42 Å². The van der Waals surface area contributed by atoms with Gasteiger partial charge in [0.25, 0.3) is 0 Å². The monoisotopic (exact) mass is 359 g/mol. The van der Waals surface area contributed by atoms with Crippen molar-refractivity contribution in [2.75, 3.05) is 18.0 Å². The molecule has 0 saturated heterocycles. The van der Waals surface area contributed by atoms with Crippen LogP contribution in [-0.4, -0.2) is 24.1 Å². The summed E-state index contributed by atoms with van der Waals surface area (Å²) in [4.78, 5) is 6.99. The maximum absolute atomic E-state index is 6.05. The molecule has 1 aliphatic heterocycles. The molecule has 1 aromatic carbocycles. The highest BCUT2D eigenvalue weighted by molar-refractivity contribution is 9.10. The van der Waals surface area contributed by atoms with Gasteiger partial charge >= 0.3 is 0 Å². The summed E-state index contributed by atoms with van der Waals surface area (Å²) in [6, 6.07) is 4.87. The third-order valence-electron chi connectivity index (χ3n) is 5.29. The van der Waals surface area contributed by atoms with Crippen LogP contribution in [0.5, 0.6) is 0 Å². The number of hydrogen-bond donors (Lipinski definition) is 1. The molecule has 0 radical (unpaired) electrons. The molecule has 0 spiro atoms. The SMILES string of the molecule is NC1CCC(CN2CCc3cncc4c(Br)ccc2c34)CC1. The first-order valence-electron chi connectivity index (χ1n) is 8.28.